The van der Waals surface area contributed by atoms with Gasteiger partial charge in [0.15, 0.2) is 0 Å². The number of hydrogen-bond acceptors (Lipinski definition) is 0. The van der Waals surface area contributed by atoms with Crippen LogP contribution in [0, 0.1) is 0 Å². The van der Waals surface area contributed by atoms with Gasteiger partial charge in [0.25, 0.3) is 0 Å². The van der Waals surface area contributed by atoms with Crippen molar-refractivity contribution < 1.29 is 17.4 Å². The SMILES string of the molecule is [Cr].c1ccc2c(c1)CCCC2.c1ccccc1. The predicted octanol–water partition coefficient (Wildman–Crippen LogP) is 4.25. The molecule has 0 saturated carbocycles. The molecule has 2 aromatic rings. The van der Waals surface area contributed by atoms with E-state index in [0.717, 1.165) is 0 Å². The van der Waals surface area contributed by atoms with Gasteiger partial charge in [-0.25, -0.2) is 0 Å². The summed E-state index contributed by atoms with van der Waals surface area (Å²) in [6.07, 6.45) is 5.38. The Morgan fingerprint density at radius 3 is 1.24 bits per heavy atom. The quantitative estimate of drug-likeness (QED) is 0.666. The molecule has 88 valence electrons. The van der Waals surface area contributed by atoms with Crippen molar-refractivity contribution in [1.29, 1.82) is 0 Å². The van der Waals surface area contributed by atoms with Crippen LogP contribution in [0.15, 0.2) is 60.7 Å². The van der Waals surface area contributed by atoms with Gasteiger partial charge in [0.1, 0.15) is 0 Å². The maximum absolute atomic E-state index is 2.26. The minimum absolute atomic E-state index is 0. The molecular formula is C16H18Cr. The molecule has 0 aliphatic heterocycles. The van der Waals surface area contributed by atoms with E-state index in [0.29, 0.717) is 0 Å². The van der Waals surface area contributed by atoms with E-state index in [-0.39, 0.29) is 17.4 Å². The Kier molecular flexibility index (Phi) is 6.70. The van der Waals surface area contributed by atoms with Crippen molar-refractivity contribution in [2.45, 2.75) is 25.7 Å². The van der Waals surface area contributed by atoms with E-state index in [9.17, 15) is 0 Å². The van der Waals surface area contributed by atoms with Gasteiger partial charge in [0.2, 0.25) is 0 Å². The first-order valence-corrected chi connectivity index (χ1v) is 6.03. The zero-order valence-electron chi connectivity index (χ0n) is 10.0. The summed E-state index contributed by atoms with van der Waals surface area (Å²) in [7, 11) is 0. The maximum Gasteiger partial charge on any atom is 0 e. The Morgan fingerprint density at radius 2 is 0.882 bits per heavy atom. The average molecular weight is 262 g/mol. The molecule has 0 nitrogen and oxygen atoms in total. The molecule has 0 N–H and O–H groups in total. The van der Waals surface area contributed by atoms with Crippen LogP contribution >= 0.6 is 0 Å². The van der Waals surface area contributed by atoms with Crippen molar-refractivity contribution in [3.8, 4) is 0 Å². The summed E-state index contributed by atoms with van der Waals surface area (Å²) in [4.78, 5) is 0. The number of aryl methyl sites for hydroxylation is 2. The molecular weight excluding hydrogens is 244 g/mol. The summed E-state index contributed by atoms with van der Waals surface area (Å²) in [5.41, 5.74) is 3.16. The van der Waals surface area contributed by atoms with Gasteiger partial charge in [-0.1, -0.05) is 60.7 Å². The Bertz CT molecular complexity index is 357. The second-order valence-corrected chi connectivity index (χ2v) is 4.13. The van der Waals surface area contributed by atoms with Gasteiger partial charge in [-0.2, -0.15) is 0 Å². The second kappa shape index (κ2) is 8.12. The molecule has 0 bridgehead atoms. The van der Waals surface area contributed by atoms with Crippen LogP contribution in [0.2, 0.25) is 0 Å². The van der Waals surface area contributed by atoms with Gasteiger partial charge in [-0.15, -0.1) is 0 Å². The van der Waals surface area contributed by atoms with Crippen LogP contribution in [-0.4, -0.2) is 0 Å². The van der Waals surface area contributed by atoms with E-state index >= 15 is 0 Å². The fourth-order valence-electron chi connectivity index (χ4n) is 2.06. The van der Waals surface area contributed by atoms with E-state index in [1.54, 1.807) is 11.1 Å². The summed E-state index contributed by atoms with van der Waals surface area (Å²) >= 11 is 0. The van der Waals surface area contributed by atoms with Crippen molar-refractivity contribution in [2.75, 3.05) is 0 Å². The van der Waals surface area contributed by atoms with Gasteiger partial charge in [0, 0.05) is 17.4 Å². The fourth-order valence-corrected chi connectivity index (χ4v) is 2.06. The molecule has 3 rings (SSSR count). The minimum atomic E-state index is 0. The number of hydrogen-bond donors (Lipinski definition) is 0. The predicted molar refractivity (Wildman–Crippen MR) is 69.5 cm³/mol. The average Bonchev–Trinajstić information content (AvgIpc) is 2.42. The fraction of sp³-hybridized carbons (Fsp3) is 0.250. The van der Waals surface area contributed by atoms with Gasteiger partial charge in [-0.3, -0.25) is 0 Å². The molecule has 0 unspecified atom stereocenters. The van der Waals surface area contributed by atoms with Crippen LogP contribution in [0.4, 0.5) is 0 Å². The van der Waals surface area contributed by atoms with Gasteiger partial charge < -0.3 is 0 Å². The van der Waals surface area contributed by atoms with E-state index in [2.05, 4.69) is 24.3 Å². The van der Waals surface area contributed by atoms with Gasteiger partial charge in [0.05, 0.1) is 0 Å². The van der Waals surface area contributed by atoms with Gasteiger partial charge in [-0.05, 0) is 36.8 Å². The normalized spacial score (nSPS) is 12.5. The monoisotopic (exact) mass is 262 g/mol. The molecule has 0 amide bonds. The number of rotatable bonds is 0. The Labute approximate surface area is 115 Å². The molecule has 0 aromatic heterocycles. The van der Waals surface area contributed by atoms with Crippen molar-refractivity contribution in [3.63, 3.8) is 0 Å². The third-order valence-electron chi connectivity index (χ3n) is 2.93. The second-order valence-electron chi connectivity index (χ2n) is 4.13. The van der Waals surface area contributed by atoms with Crippen molar-refractivity contribution >= 4 is 0 Å². The van der Waals surface area contributed by atoms with Crippen molar-refractivity contribution in [3.05, 3.63) is 71.8 Å². The molecule has 0 fully saturated rings. The van der Waals surface area contributed by atoms with Gasteiger partial charge >= 0.3 is 0 Å². The van der Waals surface area contributed by atoms with Crippen LogP contribution in [-0.2, 0) is 30.2 Å². The molecule has 0 heterocycles. The largest absolute Gasteiger partial charge is 0.0623 e. The molecule has 0 saturated heterocycles. The number of fused-ring (bicyclic) bond motifs is 1. The standard InChI is InChI=1S/C10H12.C6H6.Cr/c1-2-6-10-8-4-3-7-9(10)5-1;1-2-4-6-5-3-1;/h1-2,5-6H,3-4,7-8H2;1-6H;. The van der Waals surface area contributed by atoms with Crippen LogP contribution in [0.25, 0.3) is 0 Å². The Balaban J connectivity index is 0.000000180. The molecule has 2 aromatic carbocycles. The van der Waals surface area contributed by atoms with E-state index in [1.807, 2.05) is 36.4 Å². The minimum Gasteiger partial charge on any atom is -0.0623 e. The van der Waals surface area contributed by atoms with E-state index in [1.165, 1.54) is 25.7 Å². The van der Waals surface area contributed by atoms with Crippen molar-refractivity contribution in [2.24, 2.45) is 0 Å². The summed E-state index contributed by atoms with van der Waals surface area (Å²) < 4.78 is 0. The molecule has 1 aliphatic carbocycles. The van der Waals surface area contributed by atoms with E-state index in [4.69, 9.17) is 0 Å². The first-order chi connectivity index (χ1) is 7.97. The molecule has 0 radical (unpaired) electrons. The third kappa shape index (κ3) is 4.77. The maximum atomic E-state index is 2.26. The molecule has 0 atom stereocenters. The van der Waals surface area contributed by atoms with E-state index < -0.39 is 0 Å². The summed E-state index contributed by atoms with van der Waals surface area (Å²) in [5.74, 6) is 0. The third-order valence-corrected chi connectivity index (χ3v) is 2.93. The van der Waals surface area contributed by atoms with Crippen LogP contribution < -0.4 is 0 Å². The topological polar surface area (TPSA) is 0 Å². The first kappa shape index (κ1) is 14.0. The summed E-state index contributed by atoms with van der Waals surface area (Å²) in [6, 6.07) is 20.8. The zero-order valence-corrected chi connectivity index (χ0v) is 11.3. The van der Waals surface area contributed by atoms with Crippen LogP contribution in [0.1, 0.15) is 24.0 Å². The van der Waals surface area contributed by atoms with Crippen LogP contribution in [0.3, 0.4) is 0 Å². The zero-order chi connectivity index (χ0) is 11.1. The van der Waals surface area contributed by atoms with Crippen LogP contribution in [0.5, 0.6) is 0 Å². The van der Waals surface area contributed by atoms with Crippen molar-refractivity contribution in [1.82, 2.24) is 0 Å². The molecule has 1 aliphatic rings. The molecule has 1 heteroatoms. The first-order valence-electron chi connectivity index (χ1n) is 6.03. The Morgan fingerprint density at radius 1 is 0.529 bits per heavy atom. The summed E-state index contributed by atoms with van der Waals surface area (Å²) in [6.45, 7) is 0. The number of benzene rings is 2. The molecule has 0 spiro atoms. The smallest absolute Gasteiger partial charge is 0 e. The molecule has 17 heavy (non-hydrogen) atoms. The summed E-state index contributed by atoms with van der Waals surface area (Å²) in [5, 5.41) is 0. The Hall–Kier alpha value is -1.03.